The third-order valence-electron chi connectivity index (χ3n) is 3.61. The number of nitrogens with two attached hydrogens (primary N) is 1. The molecule has 2 unspecified atom stereocenters. The maximum absolute atomic E-state index is 12.0. The van der Waals surface area contributed by atoms with Crippen molar-refractivity contribution in [2.24, 2.45) is 11.7 Å². The summed E-state index contributed by atoms with van der Waals surface area (Å²) in [6.45, 7) is 0. The van der Waals surface area contributed by atoms with Gasteiger partial charge in [0, 0.05) is 6.04 Å². The molecule has 2 rings (SSSR count). The van der Waals surface area contributed by atoms with E-state index in [0.717, 1.165) is 19.3 Å². The minimum absolute atomic E-state index is 0.140. The maximum Gasteiger partial charge on any atom is 0.224 e. The predicted molar refractivity (Wildman–Crippen MR) is 78.6 cm³/mol. The van der Waals surface area contributed by atoms with Crippen molar-refractivity contribution in [2.75, 3.05) is 0 Å². The minimum Gasteiger partial charge on any atom is -0.369 e. The SMILES string of the molecule is NC(=O)C1CCCC1NC(=O)Cc1cccc(Cl)c1Cl. The van der Waals surface area contributed by atoms with Crippen molar-refractivity contribution < 1.29 is 9.59 Å². The van der Waals surface area contributed by atoms with E-state index in [1.54, 1.807) is 18.2 Å². The van der Waals surface area contributed by atoms with E-state index in [4.69, 9.17) is 28.9 Å². The quantitative estimate of drug-likeness (QED) is 0.895. The van der Waals surface area contributed by atoms with Gasteiger partial charge in [-0.1, -0.05) is 41.8 Å². The van der Waals surface area contributed by atoms with Crippen LogP contribution in [0.2, 0.25) is 10.0 Å². The van der Waals surface area contributed by atoms with Crippen LogP contribution in [0.4, 0.5) is 0 Å². The molecule has 0 bridgehead atoms. The fourth-order valence-corrected chi connectivity index (χ4v) is 2.98. The van der Waals surface area contributed by atoms with E-state index in [1.807, 2.05) is 0 Å². The molecule has 1 saturated carbocycles. The zero-order valence-electron chi connectivity index (χ0n) is 10.9. The smallest absolute Gasteiger partial charge is 0.224 e. The molecule has 0 radical (unpaired) electrons. The number of amides is 2. The van der Waals surface area contributed by atoms with E-state index < -0.39 is 0 Å². The van der Waals surface area contributed by atoms with E-state index in [9.17, 15) is 9.59 Å². The summed E-state index contributed by atoms with van der Waals surface area (Å²) in [5, 5.41) is 3.68. The highest BCUT2D eigenvalue weighted by Gasteiger charge is 2.32. The van der Waals surface area contributed by atoms with Gasteiger partial charge in [0.15, 0.2) is 0 Å². The molecule has 0 spiro atoms. The zero-order valence-corrected chi connectivity index (χ0v) is 12.4. The van der Waals surface area contributed by atoms with Crippen molar-refractivity contribution >= 4 is 35.0 Å². The predicted octanol–water partition coefficient (Wildman–Crippen LogP) is 2.31. The van der Waals surface area contributed by atoms with Crippen molar-refractivity contribution in [2.45, 2.75) is 31.7 Å². The Morgan fingerprint density at radius 2 is 2.05 bits per heavy atom. The number of benzene rings is 1. The minimum atomic E-state index is -0.353. The Kier molecular flexibility index (Phi) is 4.89. The number of hydrogen-bond acceptors (Lipinski definition) is 2. The van der Waals surface area contributed by atoms with E-state index >= 15 is 0 Å². The largest absolute Gasteiger partial charge is 0.369 e. The van der Waals surface area contributed by atoms with E-state index in [-0.39, 0.29) is 30.2 Å². The van der Waals surface area contributed by atoms with Gasteiger partial charge in [-0.05, 0) is 24.5 Å². The molecule has 1 fully saturated rings. The Balaban J connectivity index is 1.99. The fraction of sp³-hybridized carbons (Fsp3) is 0.429. The summed E-state index contributed by atoms with van der Waals surface area (Å²) in [6, 6.07) is 5.01. The topological polar surface area (TPSA) is 72.2 Å². The molecule has 1 aromatic carbocycles. The number of hydrogen-bond donors (Lipinski definition) is 2. The summed E-state index contributed by atoms with van der Waals surface area (Å²) < 4.78 is 0. The van der Waals surface area contributed by atoms with Gasteiger partial charge in [0.05, 0.1) is 22.4 Å². The third kappa shape index (κ3) is 3.44. The molecule has 1 aliphatic carbocycles. The van der Waals surface area contributed by atoms with Gasteiger partial charge in [-0.3, -0.25) is 9.59 Å². The Morgan fingerprint density at radius 1 is 1.30 bits per heavy atom. The summed E-state index contributed by atoms with van der Waals surface area (Å²) in [6.07, 6.45) is 2.55. The van der Waals surface area contributed by atoms with Gasteiger partial charge in [0.25, 0.3) is 0 Å². The molecule has 0 saturated heterocycles. The van der Waals surface area contributed by atoms with E-state index in [0.29, 0.717) is 15.6 Å². The van der Waals surface area contributed by atoms with E-state index in [2.05, 4.69) is 5.32 Å². The van der Waals surface area contributed by atoms with Crippen LogP contribution in [0.25, 0.3) is 0 Å². The van der Waals surface area contributed by atoms with E-state index in [1.165, 1.54) is 0 Å². The Bertz CT molecular complexity index is 534. The van der Waals surface area contributed by atoms with Crippen LogP contribution < -0.4 is 11.1 Å². The lowest BCUT2D eigenvalue weighted by atomic mass is 10.0. The van der Waals surface area contributed by atoms with Crippen molar-refractivity contribution in [1.82, 2.24) is 5.32 Å². The number of nitrogens with one attached hydrogen (secondary N) is 1. The van der Waals surface area contributed by atoms with Crippen LogP contribution in [-0.2, 0) is 16.0 Å². The lowest BCUT2D eigenvalue weighted by Gasteiger charge is -2.18. The molecule has 2 atom stereocenters. The monoisotopic (exact) mass is 314 g/mol. The number of halogens is 2. The van der Waals surface area contributed by atoms with Gasteiger partial charge in [0.2, 0.25) is 11.8 Å². The van der Waals surface area contributed by atoms with Crippen LogP contribution in [0.1, 0.15) is 24.8 Å². The molecule has 0 heterocycles. The Labute approximate surface area is 127 Å². The summed E-state index contributed by atoms with van der Waals surface area (Å²) in [5.74, 6) is -0.797. The fourth-order valence-electron chi connectivity index (χ4n) is 2.59. The molecule has 20 heavy (non-hydrogen) atoms. The van der Waals surface area contributed by atoms with Crippen LogP contribution >= 0.6 is 23.2 Å². The standard InChI is InChI=1S/C14H16Cl2N2O2/c15-10-5-1-3-8(13(10)16)7-12(19)18-11-6-2-4-9(11)14(17)20/h1,3,5,9,11H,2,4,6-7H2,(H2,17,20)(H,18,19). The molecular formula is C14H16Cl2N2O2. The summed E-state index contributed by atoms with van der Waals surface area (Å²) in [4.78, 5) is 23.3. The second-order valence-corrected chi connectivity index (χ2v) is 5.79. The van der Waals surface area contributed by atoms with Crippen LogP contribution in [0, 0.1) is 5.92 Å². The molecule has 6 heteroatoms. The summed E-state index contributed by atoms with van der Waals surface area (Å²) in [5.41, 5.74) is 6.00. The Hall–Kier alpha value is -1.26. The van der Waals surface area contributed by atoms with Gasteiger partial charge >= 0.3 is 0 Å². The van der Waals surface area contributed by atoms with Crippen LogP contribution in [0.5, 0.6) is 0 Å². The second-order valence-electron chi connectivity index (χ2n) is 5.00. The molecule has 1 aromatic rings. The average Bonchev–Trinajstić information content (AvgIpc) is 2.83. The third-order valence-corrected chi connectivity index (χ3v) is 4.47. The molecule has 0 aromatic heterocycles. The lowest BCUT2D eigenvalue weighted by Crippen LogP contribution is -2.42. The first kappa shape index (κ1) is 15.1. The molecular weight excluding hydrogens is 299 g/mol. The van der Waals surface area contributed by atoms with Crippen molar-refractivity contribution in [1.29, 1.82) is 0 Å². The van der Waals surface area contributed by atoms with Gasteiger partial charge in [-0.25, -0.2) is 0 Å². The molecule has 0 aliphatic heterocycles. The van der Waals surface area contributed by atoms with Gasteiger partial charge in [-0.2, -0.15) is 0 Å². The van der Waals surface area contributed by atoms with Gasteiger partial charge in [0.1, 0.15) is 0 Å². The van der Waals surface area contributed by atoms with Gasteiger partial charge in [-0.15, -0.1) is 0 Å². The zero-order chi connectivity index (χ0) is 14.7. The highest BCUT2D eigenvalue weighted by Crippen LogP contribution is 2.27. The normalized spacial score (nSPS) is 21.7. The highest BCUT2D eigenvalue weighted by molar-refractivity contribution is 6.42. The lowest BCUT2D eigenvalue weighted by molar-refractivity contribution is -0.124. The summed E-state index contributed by atoms with van der Waals surface area (Å²) >= 11 is 12.0. The molecule has 2 amide bonds. The number of carbonyl (C=O) groups is 2. The van der Waals surface area contributed by atoms with Crippen molar-refractivity contribution in [3.05, 3.63) is 33.8 Å². The average molecular weight is 315 g/mol. The van der Waals surface area contributed by atoms with Crippen LogP contribution in [0.15, 0.2) is 18.2 Å². The van der Waals surface area contributed by atoms with Crippen molar-refractivity contribution in [3.8, 4) is 0 Å². The highest BCUT2D eigenvalue weighted by atomic mass is 35.5. The number of carbonyl (C=O) groups excluding carboxylic acids is 2. The second kappa shape index (κ2) is 6.46. The van der Waals surface area contributed by atoms with Crippen molar-refractivity contribution in [3.63, 3.8) is 0 Å². The number of rotatable bonds is 4. The number of primary amides is 1. The molecule has 108 valence electrons. The molecule has 3 N–H and O–H groups in total. The molecule has 4 nitrogen and oxygen atoms in total. The summed E-state index contributed by atoms with van der Waals surface area (Å²) in [7, 11) is 0. The van der Waals surface area contributed by atoms with Gasteiger partial charge < -0.3 is 11.1 Å². The maximum atomic E-state index is 12.0. The van der Waals surface area contributed by atoms with Crippen LogP contribution in [-0.4, -0.2) is 17.9 Å². The first-order valence-electron chi connectivity index (χ1n) is 6.50. The Morgan fingerprint density at radius 3 is 2.75 bits per heavy atom. The first-order chi connectivity index (χ1) is 9.49. The van der Waals surface area contributed by atoms with Crippen LogP contribution in [0.3, 0.4) is 0 Å². The molecule has 1 aliphatic rings. The first-order valence-corrected chi connectivity index (χ1v) is 7.26.